The van der Waals surface area contributed by atoms with Crippen molar-refractivity contribution in [2.75, 3.05) is 39.9 Å². The van der Waals surface area contributed by atoms with Gasteiger partial charge in [-0.1, -0.05) is 24.3 Å². The molecule has 1 aromatic heterocycles. The lowest BCUT2D eigenvalue weighted by atomic mass is 9.95. The fourth-order valence-electron chi connectivity index (χ4n) is 5.05. The van der Waals surface area contributed by atoms with E-state index in [1.165, 1.54) is 44.3 Å². The number of nitrogens with zero attached hydrogens (tertiary/aromatic N) is 3. The summed E-state index contributed by atoms with van der Waals surface area (Å²) in [6.07, 6.45) is 6.96. The van der Waals surface area contributed by atoms with Gasteiger partial charge in [0.05, 0.1) is 6.61 Å². The number of nitriles is 1. The van der Waals surface area contributed by atoms with Crippen LogP contribution < -0.4 is 0 Å². The number of nitrogens with one attached hydrogen (secondary N) is 1. The minimum absolute atomic E-state index is 0.635. The molecule has 1 aliphatic carbocycles. The molecule has 1 atom stereocenters. The molecular formula is C24H32N4O. The van der Waals surface area contributed by atoms with Gasteiger partial charge in [-0.05, 0) is 60.9 Å². The summed E-state index contributed by atoms with van der Waals surface area (Å²) < 4.78 is 5.35. The molecule has 29 heavy (non-hydrogen) atoms. The Kier molecular flexibility index (Phi) is 6.66. The van der Waals surface area contributed by atoms with E-state index in [4.69, 9.17) is 10.00 Å². The number of rotatable bonds is 8. The van der Waals surface area contributed by atoms with Crippen molar-refractivity contribution in [3.8, 4) is 6.07 Å². The number of aromatic nitrogens is 1. The van der Waals surface area contributed by atoms with E-state index in [2.05, 4.69) is 45.1 Å². The Bertz CT molecular complexity index is 814. The number of H-pyrrole nitrogens is 1. The van der Waals surface area contributed by atoms with Crippen molar-refractivity contribution in [1.82, 2.24) is 14.8 Å². The van der Waals surface area contributed by atoms with Crippen LogP contribution in [0.2, 0.25) is 0 Å². The molecule has 1 unspecified atom stereocenters. The lowest BCUT2D eigenvalue weighted by Crippen LogP contribution is -2.46. The summed E-state index contributed by atoms with van der Waals surface area (Å²) in [6.45, 7) is 6.05. The highest BCUT2D eigenvalue weighted by Crippen LogP contribution is 2.29. The molecule has 0 saturated carbocycles. The van der Waals surface area contributed by atoms with E-state index in [1.807, 2.05) is 12.3 Å². The van der Waals surface area contributed by atoms with Crippen molar-refractivity contribution in [1.29, 1.82) is 5.26 Å². The van der Waals surface area contributed by atoms with Crippen LogP contribution in [-0.2, 0) is 24.1 Å². The van der Waals surface area contributed by atoms with E-state index in [1.54, 1.807) is 18.2 Å². The van der Waals surface area contributed by atoms with Crippen molar-refractivity contribution < 1.29 is 4.74 Å². The molecule has 154 valence electrons. The molecule has 2 heterocycles. The first-order valence-corrected chi connectivity index (χ1v) is 10.8. The standard InChI is InChI=1S/C24H32N4O/c1-29-10-9-27(17-20-11-23(14-25)26-15-20)16-19-5-4-8-28(18-19)24-12-21-6-2-3-7-22(21)13-24/h2-3,6-7,11,15,19,24,26H,4-5,8-10,12-13,16-18H2,1H3. The molecule has 1 N–H and O–H groups in total. The van der Waals surface area contributed by atoms with Crippen LogP contribution in [0.4, 0.5) is 0 Å². The topological polar surface area (TPSA) is 55.3 Å². The molecule has 0 spiro atoms. The van der Waals surface area contributed by atoms with Gasteiger partial charge < -0.3 is 9.72 Å². The van der Waals surface area contributed by atoms with Crippen LogP contribution >= 0.6 is 0 Å². The predicted molar refractivity (Wildman–Crippen MR) is 115 cm³/mol. The molecule has 4 rings (SSSR count). The van der Waals surface area contributed by atoms with Gasteiger partial charge in [-0.15, -0.1) is 0 Å². The summed E-state index contributed by atoms with van der Waals surface area (Å²) in [6, 6.07) is 13.8. The van der Waals surface area contributed by atoms with E-state index in [-0.39, 0.29) is 0 Å². The van der Waals surface area contributed by atoms with Gasteiger partial charge in [0, 0.05) is 45.5 Å². The zero-order valence-corrected chi connectivity index (χ0v) is 17.4. The van der Waals surface area contributed by atoms with E-state index in [0.717, 1.165) is 26.2 Å². The average Bonchev–Trinajstić information content (AvgIpc) is 3.39. The number of benzene rings is 1. The second-order valence-corrected chi connectivity index (χ2v) is 8.60. The van der Waals surface area contributed by atoms with Crippen LogP contribution in [-0.4, -0.2) is 60.7 Å². The number of piperidine rings is 1. The summed E-state index contributed by atoms with van der Waals surface area (Å²) in [5.41, 5.74) is 4.90. The van der Waals surface area contributed by atoms with E-state index in [0.29, 0.717) is 17.7 Å². The summed E-state index contributed by atoms with van der Waals surface area (Å²) in [5, 5.41) is 9.07. The fraction of sp³-hybridized carbons (Fsp3) is 0.542. The van der Waals surface area contributed by atoms with Crippen LogP contribution in [0.25, 0.3) is 0 Å². The lowest BCUT2D eigenvalue weighted by molar-refractivity contribution is 0.0844. The molecule has 0 radical (unpaired) electrons. The van der Waals surface area contributed by atoms with Gasteiger partial charge in [-0.2, -0.15) is 5.26 Å². The molecule has 5 nitrogen and oxygen atoms in total. The Morgan fingerprint density at radius 2 is 2.07 bits per heavy atom. The lowest BCUT2D eigenvalue weighted by Gasteiger charge is -2.38. The monoisotopic (exact) mass is 392 g/mol. The normalized spacial score (nSPS) is 20.1. The first-order valence-electron chi connectivity index (χ1n) is 10.8. The highest BCUT2D eigenvalue weighted by molar-refractivity contribution is 5.33. The third-order valence-electron chi connectivity index (χ3n) is 6.49. The molecule has 1 saturated heterocycles. The number of likely N-dealkylation sites (tertiary alicyclic amines) is 1. The van der Waals surface area contributed by atoms with Gasteiger partial charge in [0.25, 0.3) is 0 Å². The van der Waals surface area contributed by atoms with Gasteiger partial charge >= 0.3 is 0 Å². The second kappa shape index (κ2) is 9.58. The minimum atomic E-state index is 0.635. The number of methoxy groups -OCH3 is 1. The largest absolute Gasteiger partial charge is 0.383 e. The Morgan fingerprint density at radius 1 is 1.28 bits per heavy atom. The molecule has 1 fully saturated rings. The molecule has 2 aromatic rings. The maximum Gasteiger partial charge on any atom is 0.117 e. The van der Waals surface area contributed by atoms with E-state index < -0.39 is 0 Å². The van der Waals surface area contributed by atoms with Crippen molar-refractivity contribution >= 4 is 0 Å². The zero-order chi connectivity index (χ0) is 20.1. The molecule has 0 amide bonds. The quantitative estimate of drug-likeness (QED) is 0.749. The Hall–Kier alpha value is -2.13. The van der Waals surface area contributed by atoms with E-state index >= 15 is 0 Å². The SMILES string of the molecule is COCCN(Cc1c[nH]c(C#N)c1)CC1CCCN(C2Cc3ccccc3C2)C1. The second-order valence-electron chi connectivity index (χ2n) is 8.60. The third-order valence-corrected chi connectivity index (χ3v) is 6.49. The number of hydrogen-bond donors (Lipinski definition) is 1. The molecule has 5 heteroatoms. The number of aromatic amines is 1. The van der Waals surface area contributed by atoms with Crippen LogP contribution in [0.3, 0.4) is 0 Å². The van der Waals surface area contributed by atoms with Crippen LogP contribution in [0.15, 0.2) is 36.5 Å². The van der Waals surface area contributed by atoms with Crippen LogP contribution in [0.5, 0.6) is 0 Å². The van der Waals surface area contributed by atoms with Crippen molar-refractivity contribution in [3.05, 3.63) is 58.9 Å². The first kappa shape index (κ1) is 20.2. The zero-order valence-electron chi connectivity index (χ0n) is 17.4. The molecule has 0 bridgehead atoms. The van der Waals surface area contributed by atoms with Gasteiger partial charge in [0.1, 0.15) is 11.8 Å². The Labute approximate surface area is 174 Å². The number of ether oxygens (including phenoxy) is 1. The third kappa shape index (κ3) is 5.08. The minimum Gasteiger partial charge on any atom is -0.383 e. The predicted octanol–water partition coefficient (Wildman–Crippen LogP) is 3.21. The smallest absolute Gasteiger partial charge is 0.117 e. The number of fused-ring (bicyclic) bond motifs is 1. The van der Waals surface area contributed by atoms with Crippen LogP contribution in [0, 0.1) is 17.2 Å². The molecule has 1 aromatic carbocycles. The summed E-state index contributed by atoms with van der Waals surface area (Å²) in [5.74, 6) is 0.693. The summed E-state index contributed by atoms with van der Waals surface area (Å²) in [4.78, 5) is 8.28. The van der Waals surface area contributed by atoms with Gasteiger partial charge in [0.2, 0.25) is 0 Å². The highest BCUT2D eigenvalue weighted by atomic mass is 16.5. The Balaban J connectivity index is 1.35. The van der Waals surface area contributed by atoms with E-state index in [9.17, 15) is 0 Å². The maximum absolute atomic E-state index is 9.07. The maximum atomic E-state index is 9.07. The van der Waals surface area contributed by atoms with Gasteiger partial charge in [-0.3, -0.25) is 9.80 Å². The Morgan fingerprint density at radius 3 is 2.76 bits per heavy atom. The molecular weight excluding hydrogens is 360 g/mol. The molecule has 2 aliphatic rings. The van der Waals surface area contributed by atoms with Crippen molar-refractivity contribution in [2.45, 2.75) is 38.3 Å². The highest BCUT2D eigenvalue weighted by Gasteiger charge is 2.31. The van der Waals surface area contributed by atoms with Gasteiger partial charge in [-0.25, -0.2) is 0 Å². The van der Waals surface area contributed by atoms with Crippen molar-refractivity contribution in [2.24, 2.45) is 5.92 Å². The number of hydrogen-bond acceptors (Lipinski definition) is 4. The summed E-state index contributed by atoms with van der Waals surface area (Å²) >= 11 is 0. The fourth-order valence-corrected chi connectivity index (χ4v) is 5.05. The molecule has 1 aliphatic heterocycles. The van der Waals surface area contributed by atoms with Crippen molar-refractivity contribution in [3.63, 3.8) is 0 Å². The summed E-state index contributed by atoms with van der Waals surface area (Å²) in [7, 11) is 1.77. The van der Waals surface area contributed by atoms with Crippen LogP contribution in [0.1, 0.15) is 35.2 Å². The van der Waals surface area contributed by atoms with Gasteiger partial charge in [0.15, 0.2) is 0 Å². The first-order chi connectivity index (χ1) is 14.2. The average molecular weight is 393 g/mol.